The molecule has 2 unspecified atom stereocenters. The minimum atomic E-state index is -2.91. The zero-order chi connectivity index (χ0) is 20.1. The summed E-state index contributed by atoms with van der Waals surface area (Å²) < 4.78 is 40.3. The Labute approximate surface area is 165 Å². The largest absolute Gasteiger partial charge is 0.338 e. The number of anilines is 1. The standard InChI is InChI=1S/C20H24F2N4OS/c1-12-8-10-26(12)19-24-17(15-7-9-20(21,22)18(15)25-19)14-5-3-13(4-6-14)16(23)11-28(2)27/h3-6,12,16H,7-11,23H2,1-2H3/t12-,16?,28?/m0/s1. The molecule has 1 fully saturated rings. The van der Waals surface area contributed by atoms with Crippen molar-refractivity contribution in [2.45, 2.75) is 44.2 Å². The number of rotatable bonds is 5. The summed E-state index contributed by atoms with van der Waals surface area (Å²) in [6.07, 6.45) is 2.67. The van der Waals surface area contributed by atoms with Crippen LogP contribution >= 0.6 is 0 Å². The second-order valence-corrected chi connectivity index (χ2v) is 9.18. The predicted octanol–water partition coefficient (Wildman–Crippen LogP) is 3.16. The third-order valence-corrected chi connectivity index (χ3v) is 6.46. The van der Waals surface area contributed by atoms with E-state index >= 15 is 0 Å². The lowest BCUT2D eigenvalue weighted by Gasteiger charge is -2.39. The lowest BCUT2D eigenvalue weighted by molar-refractivity contribution is -0.00595. The molecule has 0 amide bonds. The van der Waals surface area contributed by atoms with Gasteiger partial charge in [0.15, 0.2) is 0 Å². The van der Waals surface area contributed by atoms with Crippen molar-refractivity contribution in [1.29, 1.82) is 0 Å². The van der Waals surface area contributed by atoms with Crippen molar-refractivity contribution in [1.82, 2.24) is 9.97 Å². The van der Waals surface area contributed by atoms with Gasteiger partial charge in [-0.1, -0.05) is 24.3 Å². The van der Waals surface area contributed by atoms with Gasteiger partial charge in [-0.2, -0.15) is 8.78 Å². The highest BCUT2D eigenvalue weighted by Crippen LogP contribution is 2.44. The Bertz CT molecular complexity index is 919. The average Bonchev–Trinajstić information content (AvgIpc) is 2.94. The maximum absolute atomic E-state index is 14.4. The number of halogens is 2. The summed E-state index contributed by atoms with van der Waals surface area (Å²) in [5, 5.41) is 0. The number of fused-ring (bicyclic) bond motifs is 1. The van der Waals surface area contributed by atoms with Gasteiger partial charge in [-0.05, 0) is 25.3 Å². The quantitative estimate of drug-likeness (QED) is 0.826. The second kappa shape index (κ2) is 7.15. The summed E-state index contributed by atoms with van der Waals surface area (Å²) in [7, 11) is -0.987. The molecule has 1 saturated heterocycles. The zero-order valence-electron chi connectivity index (χ0n) is 16.0. The van der Waals surface area contributed by atoms with Crippen molar-refractivity contribution in [3.63, 3.8) is 0 Å². The molecule has 0 bridgehead atoms. The molecule has 5 nitrogen and oxygen atoms in total. The molecule has 150 valence electrons. The molecule has 0 radical (unpaired) electrons. The summed E-state index contributed by atoms with van der Waals surface area (Å²) in [5.74, 6) is -2.15. The number of aromatic nitrogens is 2. The lowest BCUT2D eigenvalue weighted by Crippen LogP contribution is -2.47. The van der Waals surface area contributed by atoms with Crippen LogP contribution in [-0.2, 0) is 23.1 Å². The third-order valence-electron chi connectivity index (χ3n) is 5.63. The van der Waals surface area contributed by atoms with Crippen LogP contribution in [0.2, 0.25) is 0 Å². The minimum Gasteiger partial charge on any atom is -0.338 e. The molecule has 0 saturated carbocycles. The fraction of sp³-hybridized carbons (Fsp3) is 0.500. The molecule has 2 aromatic rings. The van der Waals surface area contributed by atoms with Gasteiger partial charge < -0.3 is 10.6 Å². The Balaban J connectivity index is 1.74. The van der Waals surface area contributed by atoms with Gasteiger partial charge >= 0.3 is 0 Å². The third kappa shape index (κ3) is 3.43. The maximum Gasteiger partial charge on any atom is 0.290 e. The molecule has 8 heteroatoms. The molecule has 1 aliphatic carbocycles. The van der Waals surface area contributed by atoms with E-state index in [1.165, 1.54) is 0 Å². The monoisotopic (exact) mass is 406 g/mol. The van der Waals surface area contributed by atoms with Crippen LogP contribution in [0.1, 0.15) is 42.6 Å². The molecule has 1 aromatic carbocycles. The highest BCUT2D eigenvalue weighted by Gasteiger charge is 2.44. The minimum absolute atomic E-state index is 0.131. The smallest absolute Gasteiger partial charge is 0.290 e. The first-order chi connectivity index (χ1) is 13.3. The molecule has 0 spiro atoms. The number of nitrogens with two attached hydrogens (primary N) is 1. The molecular formula is C20H24F2N4OS. The first-order valence-electron chi connectivity index (χ1n) is 9.48. The summed E-state index contributed by atoms with van der Waals surface area (Å²) in [6.45, 7) is 2.83. The average molecular weight is 407 g/mol. The van der Waals surface area contributed by atoms with Crippen molar-refractivity contribution < 1.29 is 13.0 Å². The van der Waals surface area contributed by atoms with E-state index in [-0.39, 0.29) is 30.6 Å². The molecule has 2 heterocycles. The number of hydrogen-bond acceptors (Lipinski definition) is 5. The van der Waals surface area contributed by atoms with Gasteiger partial charge in [0.25, 0.3) is 5.92 Å². The van der Waals surface area contributed by atoms with Crippen LogP contribution < -0.4 is 10.6 Å². The van der Waals surface area contributed by atoms with E-state index in [2.05, 4.69) is 9.97 Å². The van der Waals surface area contributed by atoms with Crippen LogP contribution in [0.3, 0.4) is 0 Å². The van der Waals surface area contributed by atoms with E-state index in [0.717, 1.165) is 24.1 Å². The SMILES string of the molecule is C[C@H]1CCN1c1nc(-c2ccc(C(N)CS(C)=O)cc2)c2c(n1)C(F)(F)CC2. The van der Waals surface area contributed by atoms with Gasteiger partial charge in [-0.15, -0.1) is 0 Å². The van der Waals surface area contributed by atoms with Crippen molar-refractivity contribution in [3.05, 3.63) is 41.1 Å². The van der Waals surface area contributed by atoms with Gasteiger partial charge in [-0.25, -0.2) is 9.97 Å². The number of nitrogens with zero attached hydrogens (tertiary/aromatic N) is 3. The molecule has 3 atom stereocenters. The van der Waals surface area contributed by atoms with E-state index in [4.69, 9.17) is 5.73 Å². The van der Waals surface area contributed by atoms with E-state index in [0.29, 0.717) is 23.0 Å². The van der Waals surface area contributed by atoms with E-state index < -0.39 is 16.7 Å². The van der Waals surface area contributed by atoms with E-state index in [1.807, 2.05) is 36.1 Å². The predicted molar refractivity (Wildman–Crippen MR) is 107 cm³/mol. The first kappa shape index (κ1) is 19.4. The molecule has 1 aromatic heterocycles. The Morgan fingerprint density at radius 1 is 1.32 bits per heavy atom. The normalized spacial score (nSPS) is 22.5. The van der Waals surface area contributed by atoms with Crippen LogP contribution in [-0.4, -0.2) is 38.8 Å². The molecular weight excluding hydrogens is 382 g/mol. The highest BCUT2D eigenvalue weighted by atomic mass is 32.2. The van der Waals surface area contributed by atoms with Crippen LogP contribution in [0, 0.1) is 0 Å². The van der Waals surface area contributed by atoms with Gasteiger partial charge in [0, 0.05) is 59.0 Å². The fourth-order valence-corrected chi connectivity index (χ4v) is 4.53. The van der Waals surface area contributed by atoms with E-state index in [9.17, 15) is 13.0 Å². The Morgan fingerprint density at radius 2 is 2.04 bits per heavy atom. The summed E-state index contributed by atoms with van der Waals surface area (Å²) >= 11 is 0. The number of benzene rings is 1. The summed E-state index contributed by atoms with van der Waals surface area (Å²) in [6, 6.07) is 7.38. The molecule has 1 aliphatic heterocycles. The number of alkyl halides is 2. The second-order valence-electron chi connectivity index (χ2n) is 7.70. The molecule has 2 N–H and O–H groups in total. The Hall–Kier alpha value is -1.93. The van der Waals surface area contributed by atoms with Crippen molar-refractivity contribution in [3.8, 4) is 11.3 Å². The lowest BCUT2D eigenvalue weighted by atomic mass is 10.0. The zero-order valence-corrected chi connectivity index (χ0v) is 16.8. The summed E-state index contributed by atoms with van der Waals surface area (Å²) in [5.41, 5.74) is 8.72. The molecule has 4 rings (SSSR count). The van der Waals surface area contributed by atoms with Crippen molar-refractivity contribution in [2.75, 3.05) is 23.5 Å². The van der Waals surface area contributed by atoms with Crippen molar-refractivity contribution in [2.24, 2.45) is 5.73 Å². The fourth-order valence-electron chi connectivity index (χ4n) is 3.83. The van der Waals surface area contributed by atoms with Crippen LogP contribution in [0.25, 0.3) is 11.3 Å². The van der Waals surface area contributed by atoms with E-state index in [1.54, 1.807) is 6.26 Å². The van der Waals surface area contributed by atoms with Crippen LogP contribution in [0.5, 0.6) is 0 Å². The summed E-state index contributed by atoms with van der Waals surface area (Å²) in [4.78, 5) is 10.9. The Kier molecular flexibility index (Phi) is 4.95. The molecule has 2 aliphatic rings. The molecule has 28 heavy (non-hydrogen) atoms. The van der Waals surface area contributed by atoms with Gasteiger partial charge in [0.2, 0.25) is 5.95 Å². The Morgan fingerprint density at radius 3 is 2.61 bits per heavy atom. The van der Waals surface area contributed by atoms with Gasteiger partial charge in [0.05, 0.1) is 5.69 Å². The van der Waals surface area contributed by atoms with Crippen molar-refractivity contribution >= 4 is 16.7 Å². The van der Waals surface area contributed by atoms with Gasteiger partial charge in [0.1, 0.15) is 5.69 Å². The van der Waals surface area contributed by atoms with Crippen LogP contribution in [0.15, 0.2) is 24.3 Å². The highest BCUT2D eigenvalue weighted by molar-refractivity contribution is 7.84. The first-order valence-corrected chi connectivity index (χ1v) is 11.2. The van der Waals surface area contributed by atoms with Gasteiger partial charge in [-0.3, -0.25) is 4.21 Å². The number of hydrogen-bond donors (Lipinski definition) is 1. The topological polar surface area (TPSA) is 72.1 Å². The maximum atomic E-state index is 14.4. The van der Waals surface area contributed by atoms with Crippen LogP contribution in [0.4, 0.5) is 14.7 Å².